The molecular weight excluding hydrogens is 200 g/mol. The van der Waals surface area contributed by atoms with E-state index in [9.17, 15) is 5.11 Å². The fourth-order valence-corrected chi connectivity index (χ4v) is 1.86. The molecule has 0 fully saturated rings. The minimum atomic E-state index is 0.276. The van der Waals surface area contributed by atoms with Crippen molar-refractivity contribution in [3.63, 3.8) is 0 Å². The van der Waals surface area contributed by atoms with Crippen molar-refractivity contribution in [2.75, 3.05) is 6.61 Å². The van der Waals surface area contributed by atoms with Crippen LogP contribution < -0.4 is 4.74 Å². The quantitative estimate of drug-likeness (QED) is 0.738. The minimum Gasteiger partial charge on any atom is -0.504 e. The number of phenols is 1. The zero-order valence-electron chi connectivity index (χ0n) is 10.1. The van der Waals surface area contributed by atoms with E-state index in [0.717, 1.165) is 18.4 Å². The first-order chi connectivity index (χ1) is 7.74. The van der Waals surface area contributed by atoms with Crippen LogP contribution in [-0.2, 0) is 0 Å². The number of para-hydroxylation sites is 1. The van der Waals surface area contributed by atoms with Gasteiger partial charge in [0.1, 0.15) is 0 Å². The SMILES string of the molecule is C=CCC(CC)c1cccc(OCC)c1O. The third-order valence-corrected chi connectivity index (χ3v) is 2.71. The Morgan fingerprint density at radius 2 is 2.19 bits per heavy atom. The number of rotatable bonds is 6. The number of hydrogen-bond donors (Lipinski definition) is 1. The highest BCUT2D eigenvalue weighted by Gasteiger charge is 2.15. The Kier molecular flexibility index (Phi) is 4.90. The van der Waals surface area contributed by atoms with Gasteiger partial charge in [-0.3, -0.25) is 0 Å². The van der Waals surface area contributed by atoms with Crippen LogP contribution in [0.2, 0.25) is 0 Å². The predicted octanol–water partition coefficient (Wildman–Crippen LogP) is 3.86. The van der Waals surface area contributed by atoms with Crippen LogP contribution >= 0.6 is 0 Å². The van der Waals surface area contributed by atoms with Gasteiger partial charge in [0.2, 0.25) is 0 Å². The molecule has 0 aliphatic carbocycles. The van der Waals surface area contributed by atoms with Gasteiger partial charge in [0, 0.05) is 5.56 Å². The van der Waals surface area contributed by atoms with Crippen molar-refractivity contribution in [3.05, 3.63) is 36.4 Å². The van der Waals surface area contributed by atoms with Crippen LogP contribution in [0.25, 0.3) is 0 Å². The number of hydrogen-bond acceptors (Lipinski definition) is 2. The summed E-state index contributed by atoms with van der Waals surface area (Å²) in [6.45, 7) is 8.34. The van der Waals surface area contributed by atoms with Gasteiger partial charge in [0.15, 0.2) is 11.5 Å². The van der Waals surface area contributed by atoms with Gasteiger partial charge in [-0.25, -0.2) is 0 Å². The van der Waals surface area contributed by atoms with E-state index in [0.29, 0.717) is 18.3 Å². The van der Waals surface area contributed by atoms with Gasteiger partial charge in [-0.05, 0) is 31.7 Å². The van der Waals surface area contributed by atoms with Gasteiger partial charge in [0.05, 0.1) is 6.61 Å². The summed E-state index contributed by atoms with van der Waals surface area (Å²) in [7, 11) is 0. The number of phenolic OH excluding ortho intramolecular Hbond substituents is 1. The maximum Gasteiger partial charge on any atom is 0.161 e. The Bertz CT molecular complexity index is 345. The van der Waals surface area contributed by atoms with Crippen LogP contribution in [0.1, 0.15) is 38.2 Å². The Morgan fingerprint density at radius 1 is 1.44 bits per heavy atom. The smallest absolute Gasteiger partial charge is 0.161 e. The van der Waals surface area contributed by atoms with Gasteiger partial charge >= 0.3 is 0 Å². The largest absolute Gasteiger partial charge is 0.504 e. The molecule has 0 aliphatic heterocycles. The van der Waals surface area contributed by atoms with E-state index in [1.807, 2.05) is 25.1 Å². The van der Waals surface area contributed by atoms with Crippen LogP contribution in [-0.4, -0.2) is 11.7 Å². The van der Waals surface area contributed by atoms with Gasteiger partial charge in [-0.2, -0.15) is 0 Å². The molecule has 0 saturated carbocycles. The molecule has 0 amide bonds. The average Bonchev–Trinajstić information content (AvgIpc) is 2.30. The molecule has 0 aromatic heterocycles. The molecule has 0 aliphatic rings. The van der Waals surface area contributed by atoms with E-state index in [1.165, 1.54) is 0 Å². The Hall–Kier alpha value is -1.44. The zero-order chi connectivity index (χ0) is 12.0. The van der Waals surface area contributed by atoms with E-state index in [1.54, 1.807) is 6.07 Å². The summed E-state index contributed by atoms with van der Waals surface area (Å²) >= 11 is 0. The monoisotopic (exact) mass is 220 g/mol. The summed E-state index contributed by atoms with van der Waals surface area (Å²) in [5.41, 5.74) is 0.952. The van der Waals surface area contributed by atoms with E-state index in [4.69, 9.17) is 4.74 Å². The maximum atomic E-state index is 10.1. The van der Waals surface area contributed by atoms with Gasteiger partial charge in [0.25, 0.3) is 0 Å². The molecule has 0 heterocycles. The van der Waals surface area contributed by atoms with Crippen molar-refractivity contribution < 1.29 is 9.84 Å². The third-order valence-electron chi connectivity index (χ3n) is 2.71. The summed E-state index contributed by atoms with van der Waals surface area (Å²) in [6, 6.07) is 5.67. The molecule has 88 valence electrons. The molecule has 1 unspecified atom stereocenters. The molecule has 0 bridgehead atoms. The molecule has 1 aromatic carbocycles. The van der Waals surface area contributed by atoms with E-state index in [2.05, 4.69) is 13.5 Å². The molecular formula is C14H20O2. The van der Waals surface area contributed by atoms with E-state index < -0.39 is 0 Å². The van der Waals surface area contributed by atoms with E-state index >= 15 is 0 Å². The summed E-state index contributed by atoms with van der Waals surface area (Å²) in [4.78, 5) is 0. The molecule has 0 spiro atoms. The first-order valence-corrected chi connectivity index (χ1v) is 5.80. The number of allylic oxidation sites excluding steroid dienone is 1. The lowest BCUT2D eigenvalue weighted by Crippen LogP contribution is -1.99. The van der Waals surface area contributed by atoms with Crippen LogP contribution in [0.3, 0.4) is 0 Å². The molecule has 2 nitrogen and oxygen atoms in total. The first-order valence-electron chi connectivity index (χ1n) is 5.80. The van der Waals surface area contributed by atoms with Gasteiger partial charge in [-0.15, -0.1) is 6.58 Å². The van der Waals surface area contributed by atoms with Crippen molar-refractivity contribution in [3.8, 4) is 11.5 Å². The zero-order valence-corrected chi connectivity index (χ0v) is 10.1. The molecule has 1 rings (SSSR count). The molecule has 1 atom stereocenters. The molecule has 1 aromatic rings. The normalized spacial score (nSPS) is 12.1. The molecule has 1 N–H and O–H groups in total. The second-order valence-electron chi connectivity index (χ2n) is 3.76. The number of ether oxygens (including phenoxy) is 1. The van der Waals surface area contributed by atoms with Crippen molar-refractivity contribution in [2.24, 2.45) is 0 Å². The number of aromatic hydroxyl groups is 1. The second-order valence-corrected chi connectivity index (χ2v) is 3.76. The molecule has 0 saturated heterocycles. The highest BCUT2D eigenvalue weighted by Crippen LogP contribution is 2.37. The number of benzene rings is 1. The topological polar surface area (TPSA) is 29.5 Å². The van der Waals surface area contributed by atoms with Crippen molar-refractivity contribution >= 4 is 0 Å². The van der Waals surface area contributed by atoms with Crippen molar-refractivity contribution in [2.45, 2.75) is 32.6 Å². The van der Waals surface area contributed by atoms with E-state index in [-0.39, 0.29) is 5.75 Å². The Labute approximate surface area is 97.6 Å². The average molecular weight is 220 g/mol. The summed E-state index contributed by atoms with van der Waals surface area (Å²) in [6.07, 6.45) is 3.75. The molecule has 2 heteroatoms. The summed E-state index contributed by atoms with van der Waals surface area (Å²) < 4.78 is 5.37. The molecule has 0 radical (unpaired) electrons. The lowest BCUT2D eigenvalue weighted by Gasteiger charge is -2.16. The fourth-order valence-electron chi connectivity index (χ4n) is 1.86. The Morgan fingerprint density at radius 3 is 2.75 bits per heavy atom. The van der Waals surface area contributed by atoms with Gasteiger partial charge in [-0.1, -0.05) is 25.1 Å². The van der Waals surface area contributed by atoms with Crippen molar-refractivity contribution in [1.82, 2.24) is 0 Å². The van der Waals surface area contributed by atoms with Crippen LogP contribution in [0.15, 0.2) is 30.9 Å². The summed E-state index contributed by atoms with van der Waals surface area (Å²) in [5.74, 6) is 1.17. The maximum absolute atomic E-state index is 10.1. The minimum absolute atomic E-state index is 0.276. The van der Waals surface area contributed by atoms with Crippen LogP contribution in [0.5, 0.6) is 11.5 Å². The second kappa shape index (κ2) is 6.21. The Balaban J connectivity index is 3.02. The third kappa shape index (κ3) is 2.78. The highest BCUT2D eigenvalue weighted by molar-refractivity contribution is 5.47. The fraction of sp³-hybridized carbons (Fsp3) is 0.429. The predicted molar refractivity (Wildman–Crippen MR) is 67.1 cm³/mol. The first kappa shape index (κ1) is 12.6. The standard InChI is InChI=1S/C14H20O2/c1-4-8-11(5-2)12-9-7-10-13(14(12)15)16-6-3/h4,7,9-11,15H,1,5-6,8H2,2-3H3. The lowest BCUT2D eigenvalue weighted by atomic mass is 9.92. The van der Waals surface area contributed by atoms with Crippen LogP contribution in [0.4, 0.5) is 0 Å². The van der Waals surface area contributed by atoms with Crippen LogP contribution in [0, 0.1) is 0 Å². The summed E-state index contributed by atoms with van der Waals surface area (Å²) in [5, 5.41) is 10.1. The van der Waals surface area contributed by atoms with Crippen molar-refractivity contribution in [1.29, 1.82) is 0 Å². The lowest BCUT2D eigenvalue weighted by molar-refractivity contribution is 0.315. The van der Waals surface area contributed by atoms with Gasteiger partial charge < -0.3 is 9.84 Å². The highest BCUT2D eigenvalue weighted by atomic mass is 16.5. The molecule has 16 heavy (non-hydrogen) atoms.